The molecule has 0 bridgehead atoms. The summed E-state index contributed by atoms with van der Waals surface area (Å²) in [7, 11) is -3.50. The molecule has 2 amide bonds. The van der Waals surface area contributed by atoms with Gasteiger partial charge in [0, 0.05) is 24.6 Å². The van der Waals surface area contributed by atoms with E-state index in [2.05, 4.69) is 0 Å². The van der Waals surface area contributed by atoms with Crippen molar-refractivity contribution in [2.75, 3.05) is 0 Å². The second-order valence-electron chi connectivity index (χ2n) is 3.43. The molecule has 6 nitrogen and oxygen atoms in total. The number of hydrogen-bond donors (Lipinski definition) is 1. The molecule has 1 aromatic rings. The number of amides is 2. The first-order valence-corrected chi connectivity index (χ1v) is 6.80. The van der Waals surface area contributed by atoms with Crippen molar-refractivity contribution < 1.29 is 18.0 Å². The van der Waals surface area contributed by atoms with Crippen LogP contribution >= 0.6 is 11.8 Å². The van der Waals surface area contributed by atoms with Crippen molar-refractivity contribution in [1.29, 1.82) is 0 Å². The summed E-state index contributed by atoms with van der Waals surface area (Å²) >= 11 is 5.15. The topological polar surface area (TPSA) is 97.5 Å². The predicted molar refractivity (Wildman–Crippen MR) is 64.8 cm³/mol. The Kier molecular flexibility index (Phi) is 4.83. The van der Waals surface area contributed by atoms with Crippen molar-refractivity contribution in [1.82, 2.24) is 4.42 Å². The van der Waals surface area contributed by atoms with Gasteiger partial charge in [0.25, 0.3) is 0 Å². The number of nitrogens with zero attached hydrogens (tertiary/aromatic N) is 1. The molecule has 0 radical (unpaired) electrons. The van der Waals surface area contributed by atoms with Gasteiger partial charge < -0.3 is 0 Å². The van der Waals surface area contributed by atoms with Crippen molar-refractivity contribution in [3.8, 4) is 0 Å². The molecule has 1 heterocycles. The molecule has 1 fully saturated rings. The zero-order valence-corrected chi connectivity index (χ0v) is 10.8. The summed E-state index contributed by atoms with van der Waals surface area (Å²) < 4.78 is 21.9. The van der Waals surface area contributed by atoms with Crippen molar-refractivity contribution in [3.63, 3.8) is 0 Å². The summed E-state index contributed by atoms with van der Waals surface area (Å²) in [5, 5.41) is 4.83. The summed E-state index contributed by atoms with van der Waals surface area (Å²) in [4.78, 5) is 20.9. The van der Waals surface area contributed by atoms with Crippen molar-refractivity contribution in [2.45, 2.75) is 17.7 Å². The van der Waals surface area contributed by atoms with Gasteiger partial charge in [-0.3, -0.25) is 9.59 Å². The average Bonchev–Trinajstić information content (AvgIpc) is 2.62. The summed E-state index contributed by atoms with van der Waals surface area (Å²) in [6.45, 7) is 0. The fourth-order valence-corrected chi connectivity index (χ4v) is 1.86. The Morgan fingerprint density at radius 2 is 1.50 bits per heavy atom. The number of rotatable bonds is 1. The highest BCUT2D eigenvalue weighted by Crippen LogP contribution is 2.12. The highest BCUT2D eigenvalue weighted by atomic mass is 35.5. The van der Waals surface area contributed by atoms with Crippen LogP contribution in [0.2, 0.25) is 0 Å². The molecule has 1 aliphatic heterocycles. The van der Waals surface area contributed by atoms with Crippen LogP contribution in [-0.2, 0) is 19.6 Å². The molecule has 1 aliphatic rings. The Balaban J connectivity index is 0.000000184. The van der Waals surface area contributed by atoms with Gasteiger partial charge in [-0.05, 0) is 12.1 Å². The molecule has 0 atom stereocenters. The van der Waals surface area contributed by atoms with Crippen LogP contribution < -0.4 is 5.14 Å². The van der Waals surface area contributed by atoms with Gasteiger partial charge >= 0.3 is 0 Å². The lowest BCUT2D eigenvalue weighted by Crippen LogP contribution is -2.16. The van der Waals surface area contributed by atoms with Crippen LogP contribution in [0.5, 0.6) is 0 Å². The third kappa shape index (κ3) is 4.10. The molecule has 98 valence electrons. The number of imide groups is 1. The third-order valence-electron chi connectivity index (χ3n) is 2.06. The van der Waals surface area contributed by atoms with Gasteiger partial charge in [0.1, 0.15) is 0 Å². The second-order valence-corrected chi connectivity index (χ2v) is 5.33. The van der Waals surface area contributed by atoms with Gasteiger partial charge in [0.2, 0.25) is 21.8 Å². The second kappa shape index (κ2) is 5.94. The Bertz CT molecular complexity index is 528. The molecule has 8 heteroatoms. The standard InChI is InChI=1S/C6H7NO2S.C4H4ClNO2/c7-10(8,9)6-4-2-1-3-5-6;5-6-3(7)1-2-4(6)8/h1-5H,(H2,7,8,9);1-2H2. The molecule has 18 heavy (non-hydrogen) atoms. The molecule has 2 rings (SSSR count). The monoisotopic (exact) mass is 290 g/mol. The molecule has 1 saturated heterocycles. The molecule has 0 unspecified atom stereocenters. The SMILES string of the molecule is NS(=O)(=O)c1ccccc1.O=C1CCC(=O)N1Cl. The average molecular weight is 291 g/mol. The minimum atomic E-state index is -3.50. The van der Waals surface area contributed by atoms with Gasteiger partial charge in [0.05, 0.1) is 4.90 Å². The predicted octanol–water partition coefficient (Wildman–Crippen LogP) is 0.623. The lowest BCUT2D eigenvalue weighted by atomic mass is 10.4. The lowest BCUT2D eigenvalue weighted by molar-refractivity contribution is -0.132. The molecule has 1 aromatic carbocycles. The summed E-state index contributed by atoms with van der Waals surface area (Å²) in [5.74, 6) is -0.590. The van der Waals surface area contributed by atoms with Crippen LogP contribution in [0.1, 0.15) is 12.8 Å². The van der Waals surface area contributed by atoms with Gasteiger partial charge in [-0.2, -0.15) is 4.42 Å². The van der Waals surface area contributed by atoms with Gasteiger partial charge in [-0.1, -0.05) is 18.2 Å². The van der Waals surface area contributed by atoms with E-state index in [0.29, 0.717) is 4.42 Å². The van der Waals surface area contributed by atoms with E-state index in [0.717, 1.165) is 0 Å². The van der Waals surface area contributed by atoms with Crippen LogP contribution in [0.4, 0.5) is 0 Å². The zero-order chi connectivity index (χ0) is 13.8. The lowest BCUT2D eigenvalue weighted by Gasteiger charge is -1.96. The number of halogens is 1. The molecule has 0 aromatic heterocycles. The van der Waals surface area contributed by atoms with E-state index in [-0.39, 0.29) is 29.6 Å². The number of carbonyl (C=O) groups is 2. The smallest absolute Gasteiger partial charge is 0.244 e. The summed E-state index contributed by atoms with van der Waals surface area (Å²) in [6, 6.07) is 7.89. The number of carbonyl (C=O) groups excluding carboxylic acids is 2. The highest BCUT2D eigenvalue weighted by molar-refractivity contribution is 7.89. The van der Waals surface area contributed by atoms with Crippen LogP contribution in [0, 0.1) is 0 Å². The number of benzene rings is 1. The Hall–Kier alpha value is -1.44. The van der Waals surface area contributed by atoms with Crippen molar-refractivity contribution >= 4 is 33.6 Å². The van der Waals surface area contributed by atoms with E-state index in [9.17, 15) is 18.0 Å². The minimum Gasteiger partial charge on any atom is -0.273 e. The Labute approximate surface area is 109 Å². The van der Waals surface area contributed by atoms with Gasteiger partial charge in [0.15, 0.2) is 0 Å². The highest BCUT2D eigenvalue weighted by Gasteiger charge is 2.26. The molecule has 0 aliphatic carbocycles. The number of sulfonamides is 1. The van der Waals surface area contributed by atoms with Crippen molar-refractivity contribution in [3.05, 3.63) is 30.3 Å². The van der Waals surface area contributed by atoms with Crippen LogP contribution in [0.3, 0.4) is 0 Å². The number of nitrogens with two attached hydrogens (primary N) is 1. The maximum absolute atomic E-state index is 10.6. The van der Waals surface area contributed by atoms with E-state index in [4.69, 9.17) is 16.9 Å². The Morgan fingerprint density at radius 1 is 1.06 bits per heavy atom. The molecule has 0 saturated carbocycles. The largest absolute Gasteiger partial charge is 0.273 e. The van der Waals surface area contributed by atoms with Gasteiger partial charge in [-0.15, -0.1) is 0 Å². The first kappa shape index (κ1) is 14.6. The number of primary sulfonamides is 1. The van der Waals surface area contributed by atoms with Gasteiger partial charge in [-0.25, -0.2) is 13.6 Å². The normalized spacial score (nSPS) is 15.3. The first-order chi connectivity index (χ1) is 8.32. The van der Waals surface area contributed by atoms with E-state index >= 15 is 0 Å². The quantitative estimate of drug-likeness (QED) is 0.605. The van der Waals surface area contributed by atoms with E-state index < -0.39 is 10.0 Å². The molecular formula is C10H11ClN2O4S. The maximum atomic E-state index is 10.6. The van der Waals surface area contributed by atoms with E-state index in [1.807, 2.05) is 0 Å². The minimum absolute atomic E-state index is 0.148. The summed E-state index contributed by atoms with van der Waals surface area (Å²) in [6.07, 6.45) is 0.532. The molecular weight excluding hydrogens is 280 g/mol. The first-order valence-electron chi connectivity index (χ1n) is 4.92. The fourth-order valence-electron chi connectivity index (χ4n) is 1.16. The molecule has 2 N–H and O–H groups in total. The summed E-state index contributed by atoms with van der Waals surface area (Å²) in [5.41, 5.74) is 0. The Morgan fingerprint density at radius 3 is 1.72 bits per heavy atom. The van der Waals surface area contributed by atoms with Crippen LogP contribution in [0.25, 0.3) is 0 Å². The van der Waals surface area contributed by atoms with Crippen LogP contribution in [0.15, 0.2) is 35.2 Å². The fraction of sp³-hybridized carbons (Fsp3) is 0.200. The van der Waals surface area contributed by atoms with E-state index in [1.165, 1.54) is 12.1 Å². The molecule has 0 spiro atoms. The number of hydrogen-bond acceptors (Lipinski definition) is 4. The van der Waals surface area contributed by atoms with Crippen molar-refractivity contribution in [2.24, 2.45) is 5.14 Å². The maximum Gasteiger partial charge on any atom is 0.244 e. The zero-order valence-electron chi connectivity index (χ0n) is 9.24. The van der Waals surface area contributed by atoms with E-state index in [1.54, 1.807) is 18.2 Å². The van der Waals surface area contributed by atoms with Crippen LogP contribution in [-0.4, -0.2) is 24.7 Å². The third-order valence-corrected chi connectivity index (χ3v) is 3.37.